The van der Waals surface area contributed by atoms with Crippen molar-refractivity contribution in [2.45, 2.75) is 25.4 Å². The number of benzene rings is 1. The third kappa shape index (κ3) is 4.42. The second kappa shape index (κ2) is 7.14. The molecule has 2 amide bonds. The van der Waals surface area contributed by atoms with Crippen molar-refractivity contribution >= 4 is 6.03 Å². The Hall–Kier alpha value is -1.75. The minimum absolute atomic E-state index is 0.0950. The summed E-state index contributed by atoms with van der Waals surface area (Å²) in [6.07, 6.45) is 2.03. The van der Waals surface area contributed by atoms with Crippen LogP contribution < -0.4 is 15.4 Å². The van der Waals surface area contributed by atoms with Gasteiger partial charge in [-0.1, -0.05) is 12.1 Å². The van der Waals surface area contributed by atoms with Crippen molar-refractivity contribution in [3.8, 4) is 5.75 Å². The predicted molar refractivity (Wildman–Crippen MR) is 78.9 cm³/mol. The van der Waals surface area contributed by atoms with E-state index in [9.17, 15) is 4.79 Å². The average molecular weight is 277 g/mol. The number of carbonyl (C=O) groups is 1. The molecule has 0 unspecified atom stereocenters. The molecule has 1 aliphatic heterocycles. The molecule has 2 N–H and O–H groups in total. The van der Waals surface area contributed by atoms with Crippen molar-refractivity contribution in [1.29, 1.82) is 0 Å². The zero-order chi connectivity index (χ0) is 14.4. The van der Waals surface area contributed by atoms with Gasteiger partial charge in [0, 0.05) is 12.6 Å². The maximum Gasteiger partial charge on any atom is 0.315 e. The highest BCUT2D eigenvalue weighted by molar-refractivity contribution is 5.74. The van der Waals surface area contributed by atoms with Crippen LogP contribution in [0.25, 0.3) is 0 Å². The van der Waals surface area contributed by atoms with Crippen LogP contribution in [0.4, 0.5) is 4.79 Å². The Morgan fingerprint density at radius 1 is 1.40 bits per heavy atom. The summed E-state index contributed by atoms with van der Waals surface area (Å²) < 4.78 is 5.16. The van der Waals surface area contributed by atoms with Crippen molar-refractivity contribution in [3.05, 3.63) is 29.8 Å². The van der Waals surface area contributed by atoms with Crippen LogP contribution in [0.5, 0.6) is 5.75 Å². The summed E-state index contributed by atoms with van der Waals surface area (Å²) in [5.74, 6) is 0.806. The highest BCUT2D eigenvalue weighted by Gasteiger charge is 2.17. The lowest BCUT2D eigenvalue weighted by molar-refractivity contribution is 0.213. The molecular formula is C15H23N3O2. The molecule has 0 atom stereocenters. The zero-order valence-electron chi connectivity index (χ0n) is 12.2. The lowest BCUT2D eigenvalue weighted by Crippen LogP contribution is -2.46. The molecule has 1 aromatic carbocycles. The van der Waals surface area contributed by atoms with Gasteiger partial charge in [0.25, 0.3) is 0 Å². The van der Waals surface area contributed by atoms with Crippen LogP contribution in [0.1, 0.15) is 18.4 Å². The van der Waals surface area contributed by atoms with Gasteiger partial charge in [-0.2, -0.15) is 0 Å². The molecule has 2 rings (SSSR count). The standard InChI is InChI=1S/C15H23N3O2/c1-18-8-6-13(7-9-18)17-15(19)16-11-12-4-3-5-14(10-12)20-2/h3-5,10,13H,6-9,11H2,1-2H3,(H2,16,17,19). The summed E-state index contributed by atoms with van der Waals surface area (Å²) in [5.41, 5.74) is 1.03. The van der Waals surface area contributed by atoms with Gasteiger partial charge in [-0.3, -0.25) is 0 Å². The Labute approximate surface area is 120 Å². The van der Waals surface area contributed by atoms with Crippen molar-refractivity contribution in [2.75, 3.05) is 27.2 Å². The Kier molecular flexibility index (Phi) is 5.24. The first-order valence-corrected chi connectivity index (χ1v) is 7.03. The summed E-state index contributed by atoms with van der Waals surface area (Å²) >= 11 is 0. The monoisotopic (exact) mass is 277 g/mol. The second-order valence-electron chi connectivity index (χ2n) is 5.26. The van der Waals surface area contributed by atoms with E-state index in [0.717, 1.165) is 37.2 Å². The van der Waals surface area contributed by atoms with Crippen molar-refractivity contribution in [2.24, 2.45) is 0 Å². The number of urea groups is 1. The minimum Gasteiger partial charge on any atom is -0.497 e. The number of methoxy groups -OCH3 is 1. The topological polar surface area (TPSA) is 53.6 Å². The molecular weight excluding hydrogens is 254 g/mol. The van der Waals surface area contributed by atoms with Crippen LogP contribution in [0.3, 0.4) is 0 Å². The minimum atomic E-state index is -0.0950. The van der Waals surface area contributed by atoms with Crippen LogP contribution in [0.2, 0.25) is 0 Å². The number of likely N-dealkylation sites (tertiary alicyclic amines) is 1. The number of ether oxygens (including phenoxy) is 1. The highest BCUT2D eigenvalue weighted by atomic mass is 16.5. The molecule has 20 heavy (non-hydrogen) atoms. The SMILES string of the molecule is COc1cccc(CNC(=O)NC2CCN(C)CC2)c1. The lowest BCUT2D eigenvalue weighted by Gasteiger charge is -2.29. The maximum atomic E-state index is 11.9. The van der Waals surface area contributed by atoms with E-state index in [-0.39, 0.29) is 12.1 Å². The largest absolute Gasteiger partial charge is 0.497 e. The Morgan fingerprint density at radius 2 is 2.15 bits per heavy atom. The van der Waals surface area contributed by atoms with Crippen LogP contribution in [0, 0.1) is 0 Å². The maximum absolute atomic E-state index is 11.9. The summed E-state index contributed by atoms with van der Waals surface area (Å²) in [4.78, 5) is 14.1. The third-order valence-electron chi connectivity index (χ3n) is 3.64. The molecule has 1 fully saturated rings. The van der Waals surface area contributed by atoms with E-state index in [0.29, 0.717) is 6.54 Å². The van der Waals surface area contributed by atoms with E-state index < -0.39 is 0 Å². The normalized spacial score (nSPS) is 16.7. The van der Waals surface area contributed by atoms with Gasteiger partial charge in [0.2, 0.25) is 0 Å². The summed E-state index contributed by atoms with van der Waals surface area (Å²) in [6, 6.07) is 7.90. The molecule has 1 aliphatic rings. The van der Waals surface area contributed by atoms with Crippen molar-refractivity contribution in [1.82, 2.24) is 15.5 Å². The first kappa shape index (κ1) is 14.7. The van der Waals surface area contributed by atoms with Gasteiger partial charge < -0.3 is 20.3 Å². The fourth-order valence-electron chi connectivity index (χ4n) is 2.35. The molecule has 0 aliphatic carbocycles. The van der Waals surface area contributed by atoms with Gasteiger partial charge in [0.15, 0.2) is 0 Å². The number of amides is 2. The predicted octanol–water partition coefficient (Wildman–Crippen LogP) is 1.59. The summed E-state index contributed by atoms with van der Waals surface area (Å²) in [7, 11) is 3.75. The first-order valence-electron chi connectivity index (χ1n) is 7.03. The smallest absolute Gasteiger partial charge is 0.315 e. The first-order chi connectivity index (χ1) is 9.67. The van der Waals surface area contributed by atoms with Crippen LogP contribution >= 0.6 is 0 Å². The lowest BCUT2D eigenvalue weighted by atomic mass is 10.1. The molecule has 0 saturated carbocycles. The Balaban J connectivity index is 1.74. The average Bonchev–Trinajstić information content (AvgIpc) is 2.48. The Morgan fingerprint density at radius 3 is 2.85 bits per heavy atom. The van der Waals surface area contributed by atoms with Crippen molar-refractivity contribution < 1.29 is 9.53 Å². The molecule has 0 radical (unpaired) electrons. The zero-order valence-corrected chi connectivity index (χ0v) is 12.2. The fourth-order valence-corrected chi connectivity index (χ4v) is 2.35. The van der Waals surface area contributed by atoms with E-state index in [1.165, 1.54) is 0 Å². The molecule has 1 saturated heterocycles. The molecule has 0 bridgehead atoms. The number of nitrogens with zero attached hydrogens (tertiary/aromatic N) is 1. The number of hydrogen-bond donors (Lipinski definition) is 2. The van der Waals surface area contributed by atoms with Crippen molar-refractivity contribution in [3.63, 3.8) is 0 Å². The van der Waals surface area contributed by atoms with Gasteiger partial charge in [-0.05, 0) is 50.7 Å². The fraction of sp³-hybridized carbons (Fsp3) is 0.533. The number of rotatable bonds is 4. The van der Waals surface area contributed by atoms with Crippen LogP contribution in [0.15, 0.2) is 24.3 Å². The number of piperidine rings is 1. The van der Waals surface area contributed by atoms with Gasteiger partial charge >= 0.3 is 6.03 Å². The van der Waals surface area contributed by atoms with Gasteiger partial charge in [0.05, 0.1) is 7.11 Å². The van der Waals surface area contributed by atoms with E-state index in [4.69, 9.17) is 4.74 Å². The van der Waals surface area contributed by atoms with E-state index in [2.05, 4.69) is 22.6 Å². The molecule has 0 spiro atoms. The molecule has 1 aromatic rings. The van der Waals surface area contributed by atoms with E-state index in [1.807, 2.05) is 24.3 Å². The number of carbonyl (C=O) groups excluding carboxylic acids is 1. The van der Waals surface area contributed by atoms with E-state index in [1.54, 1.807) is 7.11 Å². The van der Waals surface area contributed by atoms with Crippen LogP contribution in [-0.2, 0) is 6.54 Å². The molecule has 5 nitrogen and oxygen atoms in total. The van der Waals surface area contributed by atoms with Gasteiger partial charge in [-0.25, -0.2) is 4.79 Å². The second-order valence-corrected chi connectivity index (χ2v) is 5.26. The molecule has 110 valence electrons. The van der Waals surface area contributed by atoms with E-state index >= 15 is 0 Å². The molecule has 0 aromatic heterocycles. The van der Waals surface area contributed by atoms with Gasteiger partial charge in [0.1, 0.15) is 5.75 Å². The van der Waals surface area contributed by atoms with Crippen LogP contribution in [-0.4, -0.2) is 44.2 Å². The summed E-state index contributed by atoms with van der Waals surface area (Å²) in [5, 5.41) is 5.92. The Bertz CT molecular complexity index is 442. The quantitative estimate of drug-likeness (QED) is 0.878. The highest BCUT2D eigenvalue weighted by Crippen LogP contribution is 2.12. The van der Waals surface area contributed by atoms with Gasteiger partial charge in [-0.15, -0.1) is 0 Å². The molecule has 1 heterocycles. The third-order valence-corrected chi connectivity index (χ3v) is 3.64. The summed E-state index contributed by atoms with van der Waals surface area (Å²) in [6.45, 7) is 2.59. The molecule has 5 heteroatoms. The number of nitrogens with one attached hydrogen (secondary N) is 2. The number of hydrogen-bond acceptors (Lipinski definition) is 3.